The van der Waals surface area contributed by atoms with Crippen LogP contribution in [0.15, 0.2) is 6.07 Å². The molecule has 112 valence electrons. The molecule has 0 saturated carbocycles. The van der Waals surface area contributed by atoms with Gasteiger partial charge in [0.2, 0.25) is 0 Å². The second kappa shape index (κ2) is 5.42. The fourth-order valence-electron chi connectivity index (χ4n) is 3.16. The van der Waals surface area contributed by atoms with Crippen molar-refractivity contribution in [2.45, 2.75) is 46.6 Å². The molecular formula is C15H22NO4-. The number of hydrogen-bond acceptors (Lipinski definition) is 5. The molecule has 1 aromatic rings. The number of nitrogens with zero attached hydrogens (tertiary/aromatic N) is 1. The zero-order valence-electron chi connectivity index (χ0n) is 12.4. The standard InChI is InChI=1S/C15H22NO4/c1-9-7-12-13(8-15(3,4)14(12)17)10(2)11(9)5-6-20-16(18)19/h7,14,17-18H,5-6,8H2,1-4H3/q-1. The lowest BCUT2D eigenvalue weighted by Crippen LogP contribution is -2.16. The second-order valence-electron chi connectivity index (χ2n) is 6.25. The lowest BCUT2D eigenvalue weighted by molar-refractivity contribution is -0.304. The summed E-state index contributed by atoms with van der Waals surface area (Å²) in [6, 6.07) is 2.03. The second-order valence-corrected chi connectivity index (χ2v) is 6.25. The Bertz CT molecular complexity index is 511. The predicted octanol–water partition coefficient (Wildman–Crippen LogP) is 2.58. The zero-order chi connectivity index (χ0) is 15.1. The first kappa shape index (κ1) is 15.4. The van der Waals surface area contributed by atoms with Gasteiger partial charge in [-0.25, -0.2) is 0 Å². The van der Waals surface area contributed by atoms with Gasteiger partial charge in [-0.15, -0.1) is 5.39 Å². The first-order valence-corrected chi connectivity index (χ1v) is 6.83. The molecule has 0 bridgehead atoms. The lowest BCUT2D eigenvalue weighted by atomic mass is 9.87. The maximum absolute atomic E-state index is 10.4. The molecule has 0 heterocycles. The van der Waals surface area contributed by atoms with Crippen molar-refractivity contribution in [1.82, 2.24) is 5.39 Å². The summed E-state index contributed by atoms with van der Waals surface area (Å²) in [5.74, 6) is 0. The van der Waals surface area contributed by atoms with Crippen molar-refractivity contribution < 1.29 is 15.2 Å². The van der Waals surface area contributed by atoms with E-state index < -0.39 is 11.5 Å². The van der Waals surface area contributed by atoms with E-state index in [9.17, 15) is 10.3 Å². The molecule has 0 fully saturated rings. The maximum Gasteiger partial charge on any atom is 0.0846 e. The topological polar surface area (TPSA) is 76.0 Å². The van der Waals surface area contributed by atoms with Gasteiger partial charge in [-0.05, 0) is 59.9 Å². The van der Waals surface area contributed by atoms with Crippen molar-refractivity contribution in [3.8, 4) is 0 Å². The van der Waals surface area contributed by atoms with Crippen LogP contribution in [0.4, 0.5) is 0 Å². The fourth-order valence-corrected chi connectivity index (χ4v) is 3.16. The van der Waals surface area contributed by atoms with E-state index in [1.165, 1.54) is 5.56 Å². The van der Waals surface area contributed by atoms with Gasteiger partial charge >= 0.3 is 0 Å². The van der Waals surface area contributed by atoms with E-state index in [1.54, 1.807) is 0 Å². The van der Waals surface area contributed by atoms with E-state index in [2.05, 4.69) is 18.7 Å². The van der Waals surface area contributed by atoms with Gasteiger partial charge in [0, 0.05) is 0 Å². The first-order chi connectivity index (χ1) is 9.24. The maximum atomic E-state index is 10.4. The average Bonchev–Trinajstić information content (AvgIpc) is 2.56. The van der Waals surface area contributed by atoms with E-state index in [-0.39, 0.29) is 12.0 Å². The summed E-state index contributed by atoms with van der Waals surface area (Å²) in [6.45, 7) is 8.30. The molecule has 0 aromatic heterocycles. The summed E-state index contributed by atoms with van der Waals surface area (Å²) in [5.41, 5.74) is 5.43. The quantitative estimate of drug-likeness (QED) is 0.829. The van der Waals surface area contributed by atoms with Gasteiger partial charge in [0.15, 0.2) is 0 Å². The number of rotatable bonds is 4. The third-order valence-electron chi connectivity index (χ3n) is 4.32. The number of aliphatic hydroxyl groups is 1. The highest BCUT2D eigenvalue weighted by molar-refractivity contribution is 5.49. The Morgan fingerprint density at radius 2 is 2.10 bits per heavy atom. The fraction of sp³-hybridized carbons (Fsp3) is 0.600. The highest BCUT2D eigenvalue weighted by Crippen LogP contribution is 2.47. The van der Waals surface area contributed by atoms with Gasteiger partial charge in [-0.2, -0.15) is 0 Å². The molecule has 5 nitrogen and oxygen atoms in total. The van der Waals surface area contributed by atoms with Gasteiger partial charge in [-0.1, -0.05) is 19.9 Å². The minimum Gasteiger partial charge on any atom is -0.738 e. The summed E-state index contributed by atoms with van der Waals surface area (Å²) >= 11 is 0. The average molecular weight is 280 g/mol. The van der Waals surface area contributed by atoms with Crippen LogP contribution in [0.3, 0.4) is 0 Å². The lowest BCUT2D eigenvalue weighted by Gasteiger charge is -2.22. The SMILES string of the molecule is Cc1cc2c(c(C)c1CCON([O-])O)CC(C)(C)C2O. The van der Waals surface area contributed by atoms with Crippen molar-refractivity contribution in [3.05, 3.63) is 39.1 Å². The van der Waals surface area contributed by atoms with Gasteiger partial charge < -0.3 is 15.5 Å². The molecule has 1 atom stereocenters. The Labute approximate surface area is 119 Å². The molecule has 0 spiro atoms. The summed E-state index contributed by atoms with van der Waals surface area (Å²) in [5, 5.41) is 28.7. The van der Waals surface area contributed by atoms with Crippen molar-refractivity contribution >= 4 is 0 Å². The predicted molar refractivity (Wildman–Crippen MR) is 75.0 cm³/mol. The molecule has 1 aliphatic rings. The van der Waals surface area contributed by atoms with Crippen molar-refractivity contribution in [2.24, 2.45) is 5.41 Å². The molecule has 0 saturated heterocycles. The van der Waals surface area contributed by atoms with Gasteiger partial charge in [0.05, 0.1) is 12.7 Å². The van der Waals surface area contributed by atoms with Gasteiger partial charge in [0.1, 0.15) is 0 Å². The first-order valence-electron chi connectivity index (χ1n) is 6.83. The number of aryl methyl sites for hydroxylation is 1. The van der Waals surface area contributed by atoms with Crippen molar-refractivity contribution in [3.63, 3.8) is 0 Å². The zero-order valence-corrected chi connectivity index (χ0v) is 12.4. The minimum absolute atomic E-state index is 0.131. The summed E-state index contributed by atoms with van der Waals surface area (Å²) in [7, 11) is 0. The molecule has 1 aliphatic carbocycles. The van der Waals surface area contributed by atoms with E-state index >= 15 is 0 Å². The monoisotopic (exact) mass is 280 g/mol. The molecule has 5 heteroatoms. The molecule has 0 aliphatic heterocycles. The van der Waals surface area contributed by atoms with E-state index in [0.29, 0.717) is 6.42 Å². The third kappa shape index (κ3) is 2.73. The number of hydrogen-bond donors (Lipinski definition) is 2. The molecule has 1 unspecified atom stereocenters. The molecule has 2 rings (SSSR count). The Balaban J connectivity index is 2.30. The van der Waals surface area contributed by atoms with Crippen LogP contribution in [0.1, 0.15) is 47.8 Å². The Kier molecular flexibility index (Phi) is 4.18. The molecule has 20 heavy (non-hydrogen) atoms. The minimum atomic E-state index is -0.509. The van der Waals surface area contributed by atoms with Crippen LogP contribution in [-0.2, 0) is 17.7 Å². The van der Waals surface area contributed by atoms with Crippen molar-refractivity contribution in [1.29, 1.82) is 0 Å². The number of aliphatic hydroxyl groups excluding tert-OH is 1. The van der Waals surface area contributed by atoms with E-state index in [1.807, 2.05) is 19.9 Å². The van der Waals surface area contributed by atoms with Gasteiger partial charge in [0.25, 0.3) is 0 Å². The van der Waals surface area contributed by atoms with E-state index in [4.69, 9.17) is 5.21 Å². The normalized spacial score (nSPS) is 20.5. The Morgan fingerprint density at radius 1 is 1.45 bits per heavy atom. The van der Waals surface area contributed by atoms with Crippen LogP contribution in [0.2, 0.25) is 0 Å². The highest BCUT2D eigenvalue weighted by Gasteiger charge is 2.39. The van der Waals surface area contributed by atoms with Crippen LogP contribution >= 0.6 is 0 Å². The molecule has 0 radical (unpaired) electrons. The molecule has 2 N–H and O–H groups in total. The number of benzene rings is 1. The van der Waals surface area contributed by atoms with Crippen LogP contribution in [-0.4, -0.2) is 22.3 Å². The van der Waals surface area contributed by atoms with Crippen LogP contribution in [0.25, 0.3) is 0 Å². The van der Waals surface area contributed by atoms with Crippen LogP contribution in [0.5, 0.6) is 0 Å². The van der Waals surface area contributed by atoms with E-state index in [0.717, 1.165) is 28.7 Å². The van der Waals surface area contributed by atoms with Gasteiger partial charge in [-0.3, -0.25) is 4.84 Å². The summed E-state index contributed by atoms with van der Waals surface area (Å²) in [6.07, 6.45) is 0.965. The van der Waals surface area contributed by atoms with Crippen LogP contribution < -0.4 is 0 Å². The highest BCUT2D eigenvalue weighted by atomic mass is 17.1. The largest absolute Gasteiger partial charge is 0.738 e. The van der Waals surface area contributed by atoms with Crippen LogP contribution in [0, 0.1) is 24.5 Å². The Morgan fingerprint density at radius 3 is 2.70 bits per heavy atom. The summed E-state index contributed by atoms with van der Waals surface area (Å²) in [4.78, 5) is 4.52. The smallest absolute Gasteiger partial charge is 0.0846 e. The third-order valence-corrected chi connectivity index (χ3v) is 4.32. The summed E-state index contributed by atoms with van der Waals surface area (Å²) < 4.78 is 0. The molecular weight excluding hydrogens is 258 g/mol. The molecule has 1 aromatic carbocycles. The van der Waals surface area contributed by atoms with Crippen molar-refractivity contribution in [2.75, 3.05) is 6.61 Å². The number of fused-ring (bicyclic) bond motifs is 1. The molecule has 0 amide bonds. The Hall–Kier alpha value is -0.980.